The number of hydrogen-bond acceptors (Lipinski definition) is 6. The monoisotopic (exact) mass is 306 g/mol. The summed E-state index contributed by atoms with van der Waals surface area (Å²) >= 11 is 1.62. The molecule has 1 N–H and O–H groups in total. The Bertz CT molecular complexity index is 534. The molecule has 114 valence electrons. The van der Waals surface area contributed by atoms with E-state index in [4.69, 9.17) is 4.52 Å². The van der Waals surface area contributed by atoms with Gasteiger partial charge in [0.15, 0.2) is 5.82 Å². The smallest absolute Gasteiger partial charge is 0.268 e. The fraction of sp³-hybridized carbons (Fsp3) is 0.600. The molecule has 0 spiro atoms. The summed E-state index contributed by atoms with van der Waals surface area (Å²) < 4.78 is 5.37. The first-order valence-corrected chi connectivity index (χ1v) is 8.55. The summed E-state index contributed by atoms with van der Waals surface area (Å²) in [6, 6.07) is 4.62. The second-order valence-corrected chi connectivity index (χ2v) is 6.47. The van der Waals surface area contributed by atoms with Gasteiger partial charge in [-0.05, 0) is 43.8 Å². The molecule has 1 saturated heterocycles. The average Bonchev–Trinajstić information content (AvgIpc) is 3.21. The van der Waals surface area contributed by atoms with Crippen LogP contribution in [0.15, 0.2) is 22.0 Å². The molecule has 1 aliphatic heterocycles. The number of thiophene rings is 1. The third-order valence-corrected chi connectivity index (χ3v) is 4.60. The van der Waals surface area contributed by atoms with Crippen molar-refractivity contribution >= 4 is 11.3 Å². The molecule has 0 amide bonds. The Balaban J connectivity index is 1.62. The fourth-order valence-corrected chi connectivity index (χ4v) is 3.44. The molecule has 0 aromatic carbocycles. The summed E-state index contributed by atoms with van der Waals surface area (Å²) in [5.74, 6) is 1.42. The van der Waals surface area contributed by atoms with Gasteiger partial charge in [-0.3, -0.25) is 4.90 Å². The van der Waals surface area contributed by atoms with Gasteiger partial charge >= 0.3 is 0 Å². The maximum absolute atomic E-state index is 5.37. The van der Waals surface area contributed by atoms with Crippen LogP contribution in [0.4, 0.5) is 0 Å². The Hall–Kier alpha value is -1.24. The first-order valence-electron chi connectivity index (χ1n) is 7.67. The zero-order valence-electron chi connectivity index (χ0n) is 12.4. The standard InChI is InChI=1S/C15H22N4OS/c1-2-8-19(10-12-5-3-7-16-12)11-14-17-15(20-18-14)13-6-4-9-21-13/h4,6,9,12,16H,2-3,5,7-8,10-11H2,1H3. The van der Waals surface area contributed by atoms with Crippen molar-refractivity contribution in [2.24, 2.45) is 0 Å². The van der Waals surface area contributed by atoms with E-state index in [1.807, 2.05) is 17.5 Å². The molecule has 0 bridgehead atoms. The maximum atomic E-state index is 5.37. The summed E-state index contributed by atoms with van der Waals surface area (Å²) in [5, 5.41) is 9.70. The van der Waals surface area contributed by atoms with Crippen molar-refractivity contribution in [1.82, 2.24) is 20.4 Å². The summed E-state index contributed by atoms with van der Waals surface area (Å²) in [5.41, 5.74) is 0. The van der Waals surface area contributed by atoms with Crippen LogP contribution < -0.4 is 5.32 Å². The Morgan fingerprint density at radius 2 is 2.48 bits per heavy atom. The number of nitrogens with zero attached hydrogens (tertiary/aromatic N) is 3. The highest BCUT2D eigenvalue weighted by Gasteiger charge is 2.19. The van der Waals surface area contributed by atoms with Gasteiger partial charge in [-0.2, -0.15) is 4.98 Å². The van der Waals surface area contributed by atoms with E-state index < -0.39 is 0 Å². The molecule has 2 aromatic rings. The van der Waals surface area contributed by atoms with Crippen LogP contribution >= 0.6 is 11.3 Å². The van der Waals surface area contributed by atoms with Crippen LogP contribution in [0.5, 0.6) is 0 Å². The number of hydrogen-bond donors (Lipinski definition) is 1. The predicted molar refractivity (Wildman–Crippen MR) is 84.2 cm³/mol. The van der Waals surface area contributed by atoms with Crippen LogP contribution in [0.25, 0.3) is 10.8 Å². The van der Waals surface area contributed by atoms with Gasteiger partial charge < -0.3 is 9.84 Å². The van der Waals surface area contributed by atoms with Gasteiger partial charge in [0, 0.05) is 12.6 Å². The van der Waals surface area contributed by atoms with Crippen LogP contribution in [0.2, 0.25) is 0 Å². The SMILES string of the molecule is CCCN(Cc1noc(-c2cccs2)n1)CC1CCCN1. The molecule has 1 fully saturated rings. The molecule has 2 aromatic heterocycles. The lowest BCUT2D eigenvalue weighted by Gasteiger charge is -2.23. The van der Waals surface area contributed by atoms with E-state index in [1.165, 1.54) is 12.8 Å². The van der Waals surface area contributed by atoms with Crippen molar-refractivity contribution < 1.29 is 4.52 Å². The normalized spacial score (nSPS) is 18.7. The highest BCUT2D eigenvalue weighted by atomic mass is 32.1. The quantitative estimate of drug-likeness (QED) is 0.852. The lowest BCUT2D eigenvalue weighted by molar-refractivity contribution is 0.233. The second-order valence-electron chi connectivity index (χ2n) is 5.52. The van der Waals surface area contributed by atoms with Crippen molar-refractivity contribution in [3.63, 3.8) is 0 Å². The van der Waals surface area contributed by atoms with Crippen molar-refractivity contribution in [3.05, 3.63) is 23.3 Å². The third kappa shape index (κ3) is 3.90. The lowest BCUT2D eigenvalue weighted by Crippen LogP contribution is -2.37. The highest BCUT2D eigenvalue weighted by molar-refractivity contribution is 7.13. The van der Waals surface area contributed by atoms with Crippen molar-refractivity contribution in [2.75, 3.05) is 19.6 Å². The van der Waals surface area contributed by atoms with Gasteiger partial charge in [-0.25, -0.2) is 0 Å². The number of nitrogens with one attached hydrogen (secondary N) is 1. The molecule has 0 aliphatic carbocycles. The molecule has 6 heteroatoms. The maximum Gasteiger partial charge on any atom is 0.268 e. The third-order valence-electron chi connectivity index (χ3n) is 3.75. The first kappa shape index (κ1) is 14.7. The van der Waals surface area contributed by atoms with Gasteiger partial charge in [-0.15, -0.1) is 11.3 Å². The highest BCUT2D eigenvalue weighted by Crippen LogP contribution is 2.22. The number of aromatic nitrogens is 2. The number of rotatable bonds is 7. The van der Waals surface area contributed by atoms with E-state index in [-0.39, 0.29) is 0 Å². The van der Waals surface area contributed by atoms with E-state index >= 15 is 0 Å². The van der Waals surface area contributed by atoms with Gasteiger partial charge in [0.1, 0.15) is 0 Å². The molecule has 1 aliphatic rings. The lowest BCUT2D eigenvalue weighted by atomic mass is 10.2. The Kier molecular flexibility index (Phi) is 5.00. The van der Waals surface area contributed by atoms with Gasteiger partial charge in [0.25, 0.3) is 5.89 Å². The minimum Gasteiger partial charge on any atom is -0.333 e. The topological polar surface area (TPSA) is 54.2 Å². The molecule has 5 nitrogen and oxygen atoms in total. The van der Waals surface area contributed by atoms with Gasteiger partial charge in [-0.1, -0.05) is 18.1 Å². The van der Waals surface area contributed by atoms with E-state index in [2.05, 4.69) is 27.3 Å². The first-order chi connectivity index (χ1) is 10.3. The Morgan fingerprint density at radius 1 is 1.52 bits per heavy atom. The van der Waals surface area contributed by atoms with Crippen molar-refractivity contribution in [1.29, 1.82) is 0 Å². The molecule has 3 heterocycles. The van der Waals surface area contributed by atoms with Crippen LogP contribution in [0.3, 0.4) is 0 Å². The van der Waals surface area contributed by atoms with E-state index in [0.29, 0.717) is 11.9 Å². The van der Waals surface area contributed by atoms with Crippen LogP contribution in [0, 0.1) is 0 Å². The van der Waals surface area contributed by atoms with Gasteiger partial charge in [0.2, 0.25) is 0 Å². The van der Waals surface area contributed by atoms with Crippen molar-refractivity contribution in [2.45, 2.75) is 38.8 Å². The molecular formula is C15H22N4OS. The zero-order valence-corrected chi connectivity index (χ0v) is 13.2. The summed E-state index contributed by atoms with van der Waals surface area (Å²) in [6.07, 6.45) is 3.70. The largest absolute Gasteiger partial charge is 0.333 e. The Labute approximate surface area is 129 Å². The minimum atomic E-state index is 0.611. The van der Waals surface area contributed by atoms with Gasteiger partial charge in [0.05, 0.1) is 11.4 Å². The zero-order chi connectivity index (χ0) is 14.5. The molecule has 1 atom stereocenters. The van der Waals surface area contributed by atoms with E-state index in [9.17, 15) is 0 Å². The summed E-state index contributed by atoms with van der Waals surface area (Å²) in [6.45, 7) is 6.26. The molecular weight excluding hydrogens is 284 g/mol. The molecule has 1 unspecified atom stereocenters. The molecule has 0 radical (unpaired) electrons. The molecule has 21 heavy (non-hydrogen) atoms. The molecule has 3 rings (SSSR count). The summed E-state index contributed by atoms with van der Waals surface area (Å²) in [7, 11) is 0. The van der Waals surface area contributed by atoms with Crippen LogP contribution in [-0.4, -0.2) is 40.7 Å². The van der Waals surface area contributed by atoms with Crippen LogP contribution in [0.1, 0.15) is 32.0 Å². The van der Waals surface area contributed by atoms with E-state index in [0.717, 1.165) is 43.3 Å². The second kappa shape index (κ2) is 7.15. The fourth-order valence-electron chi connectivity index (χ4n) is 2.79. The van der Waals surface area contributed by atoms with Crippen molar-refractivity contribution in [3.8, 4) is 10.8 Å². The minimum absolute atomic E-state index is 0.611. The average molecular weight is 306 g/mol. The molecule has 0 saturated carbocycles. The Morgan fingerprint density at radius 3 is 3.19 bits per heavy atom. The summed E-state index contributed by atoms with van der Waals surface area (Å²) in [4.78, 5) is 7.98. The predicted octanol–water partition coefficient (Wildman–Crippen LogP) is 2.76. The van der Waals surface area contributed by atoms with Crippen LogP contribution in [-0.2, 0) is 6.54 Å². The van der Waals surface area contributed by atoms with E-state index in [1.54, 1.807) is 11.3 Å².